The van der Waals surface area contributed by atoms with Gasteiger partial charge < -0.3 is 4.42 Å². The third-order valence-electron chi connectivity index (χ3n) is 3.79. The summed E-state index contributed by atoms with van der Waals surface area (Å²) in [6.45, 7) is 0. The Labute approximate surface area is 145 Å². The molecule has 0 N–H and O–H groups in total. The maximum atomic E-state index is 5.98. The Bertz CT molecular complexity index is 968. The molecule has 0 radical (unpaired) electrons. The van der Waals surface area contributed by atoms with E-state index in [0.29, 0.717) is 5.89 Å². The summed E-state index contributed by atoms with van der Waals surface area (Å²) < 4.78 is 5.98. The van der Waals surface area contributed by atoms with E-state index in [9.17, 15) is 0 Å². The lowest BCUT2D eigenvalue weighted by molar-refractivity contribution is 0.585. The van der Waals surface area contributed by atoms with Crippen molar-refractivity contribution in [2.45, 2.75) is 0 Å². The molecule has 3 aromatic carbocycles. The van der Waals surface area contributed by atoms with Crippen molar-refractivity contribution in [3.8, 4) is 0 Å². The largest absolute Gasteiger partial charge is 0.436 e. The Morgan fingerprint density at radius 3 is 2.29 bits per heavy atom. The zero-order chi connectivity index (χ0) is 16.4. The minimum atomic E-state index is 0.609. The summed E-state index contributed by atoms with van der Waals surface area (Å²) in [7, 11) is 0. The average Bonchev–Trinajstić information content (AvgIpc) is 3.06. The predicted molar refractivity (Wildman–Crippen MR) is 98.9 cm³/mol. The fourth-order valence-electron chi connectivity index (χ4n) is 2.60. The molecule has 0 aliphatic rings. The van der Waals surface area contributed by atoms with Gasteiger partial charge in [0, 0.05) is 10.6 Å². The van der Waals surface area contributed by atoms with Crippen LogP contribution >= 0.6 is 11.6 Å². The Morgan fingerprint density at radius 2 is 1.54 bits per heavy atom. The number of hydrogen-bond donors (Lipinski definition) is 0. The second-order valence-electron chi connectivity index (χ2n) is 5.46. The lowest BCUT2D eigenvalue weighted by atomic mass is 10.0. The molecule has 0 fully saturated rings. The van der Waals surface area contributed by atoms with E-state index in [1.165, 1.54) is 0 Å². The molecule has 4 rings (SSSR count). The zero-order valence-corrected chi connectivity index (χ0v) is 13.6. The van der Waals surface area contributed by atoms with E-state index in [0.717, 1.165) is 32.8 Å². The molecule has 0 amide bonds. The van der Waals surface area contributed by atoms with Gasteiger partial charge in [-0.3, -0.25) is 0 Å². The van der Waals surface area contributed by atoms with Crippen LogP contribution in [0.2, 0.25) is 5.02 Å². The molecule has 0 saturated heterocycles. The molecule has 3 heteroatoms. The van der Waals surface area contributed by atoms with Crippen LogP contribution in [0, 0.1) is 0 Å². The van der Waals surface area contributed by atoms with Crippen molar-refractivity contribution >= 4 is 34.3 Å². The molecule has 116 valence electrons. The first-order chi connectivity index (χ1) is 11.8. The summed E-state index contributed by atoms with van der Waals surface area (Å²) in [6, 6.07) is 25.6. The van der Waals surface area contributed by atoms with Crippen molar-refractivity contribution in [3.63, 3.8) is 0 Å². The van der Waals surface area contributed by atoms with Gasteiger partial charge in [0.05, 0.1) is 0 Å². The maximum absolute atomic E-state index is 5.98. The van der Waals surface area contributed by atoms with Gasteiger partial charge >= 0.3 is 0 Å². The first-order valence-electron chi connectivity index (χ1n) is 7.68. The summed E-state index contributed by atoms with van der Waals surface area (Å²) in [5, 5.41) is 0.718. The summed E-state index contributed by atoms with van der Waals surface area (Å²) in [4.78, 5) is 4.64. The number of fused-ring (bicyclic) bond motifs is 1. The monoisotopic (exact) mass is 331 g/mol. The summed E-state index contributed by atoms with van der Waals surface area (Å²) in [5.41, 5.74) is 4.67. The minimum Gasteiger partial charge on any atom is -0.436 e. The van der Waals surface area contributed by atoms with Crippen LogP contribution in [0.5, 0.6) is 0 Å². The van der Waals surface area contributed by atoms with E-state index in [1.807, 2.05) is 66.7 Å². The number of nitrogens with zero attached hydrogens (tertiary/aromatic N) is 1. The molecule has 0 aliphatic carbocycles. The fourth-order valence-corrected chi connectivity index (χ4v) is 2.73. The Balaban J connectivity index is 1.88. The molecule has 24 heavy (non-hydrogen) atoms. The van der Waals surface area contributed by atoms with Gasteiger partial charge in [-0.2, -0.15) is 0 Å². The fraction of sp³-hybridized carbons (Fsp3) is 0. The number of hydrogen-bond acceptors (Lipinski definition) is 2. The highest BCUT2D eigenvalue weighted by molar-refractivity contribution is 6.30. The van der Waals surface area contributed by atoms with Crippen LogP contribution < -0.4 is 0 Å². The average molecular weight is 332 g/mol. The minimum absolute atomic E-state index is 0.609. The van der Waals surface area contributed by atoms with Crippen LogP contribution in [0.3, 0.4) is 0 Å². The normalized spacial score (nSPS) is 11.8. The molecule has 1 aromatic heterocycles. The van der Waals surface area contributed by atoms with Crippen molar-refractivity contribution in [2.75, 3.05) is 0 Å². The quantitative estimate of drug-likeness (QED) is 0.426. The summed E-state index contributed by atoms with van der Waals surface area (Å²) in [6.07, 6.45) is 2.07. The second-order valence-corrected chi connectivity index (χ2v) is 5.90. The number of oxazole rings is 1. The maximum Gasteiger partial charge on any atom is 0.227 e. The van der Waals surface area contributed by atoms with Crippen molar-refractivity contribution in [3.05, 3.63) is 101 Å². The van der Waals surface area contributed by atoms with Crippen LogP contribution in [0.15, 0.2) is 83.3 Å². The van der Waals surface area contributed by atoms with Gasteiger partial charge in [-0.1, -0.05) is 66.2 Å². The lowest BCUT2D eigenvalue weighted by Gasteiger charge is -2.04. The van der Waals surface area contributed by atoms with E-state index in [-0.39, 0.29) is 0 Å². The highest BCUT2D eigenvalue weighted by Crippen LogP contribution is 2.28. The Hall–Kier alpha value is -2.84. The number of benzene rings is 3. The van der Waals surface area contributed by atoms with Gasteiger partial charge in [0.25, 0.3) is 0 Å². The molecule has 0 atom stereocenters. The van der Waals surface area contributed by atoms with E-state index in [2.05, 4.69) is 23.2 Å². The van der Waals surface area contributed by atoms with Crippen LogP contribution in [0.25, 0.3) is 22.7 Å². The van der Waals surface area contributed by atoms with Crippen molar-refractivity contribution in [2.24, 2.45) is 0 Å². The Morgan fingerprint density at radius 1 is 0.833 bits per heavy atom. The Kier molecular flexibility index (Phi) is 3.89. The van der Waals surface area contributed by atoms with Gasteiger partial charge in [-0.25, -0.2) is 4.98 Å². The van der Waals surface area contributed by atoms with E-state index >= 15 is 0 Å². The van der Waals surface area contributed by atoms with Crippen molar-refractivity contribution in [1.82, 2.24) is 4.98 Å². The first kappa shape index (κ1) is 14.7. The first-order valence-corrected chi connectivity index (χ1v) is 8.06. The number of para-hydroxylation sites is 2. The smallest absolute Gasteiger partial charge is 0.227 e. The summed E-state index contributed by atoms with van der Waals surface area (Å²) in [5.74, 6) is 0.609. The van der Waals surface area contributed by atoms with Crippen LogP contribution in [0.1, 0.15) is 17.0 Å². The molecule has 1 heterocycles. The van der Waals surface area contributed by atoms with E-state index in [4.69, 9.17) is 16.0 Å². The molecule has 0 bridgehead atoms. The molecular formula is C21H14ClNO. The van der Waals surface area contributed by atoms with E-state index in [1.54, 1.807) is 0 Å². The standard InChI is InChI=1S/C21H14ClNO/c22-17-12-10-15(11-13-17)14-18(16-6-2-1-3-7-16)21-23-19-8-4-5-9-20(19)24-21/h1-14H. The van der Waals surface area contributed by atoms with Crippen LogP contribution in [0.4, 0.5) is 0 Å². The molecule has 4 aromatic rings. The second kappa shape index (κ2) is 6.34. The molecule has 0 spiro atoms. The number of halogens is 1. The molecular weight excluding hydrogens is 318 g/mol. The van der Waals surface area contributed by atoms with Gasteiger partial charge in [0.2, 0.25) is 5.89 Å². The van der Waals surface area contributed by atoms with Crippen LogP contribution in [-0.2, 0) is 0 Å². The molecule has 0 saturated carbocycles. The highest BCUT2D eigenvalue weighted by Gasteiger charge is 2.12. The third-order valence-corrected chi connectivity index (χ3v) is 4.04. The topological polar surface area (TPSA) is 26.0 Å². The van der Waals surface area contributed by atoms with E-state index < -0.39 is 0 Å². The number of aromatic nitrogens is 1. The van der Waals surface area contributed by atoms with Gasteiger partial charge in [0.15, 0.2) is 5.58 Å². The number of rotatable bonds is 3. The summed E-state index contributed by atoms with van der Waals surface area (Å²) >= 11 is 5.98. The molecule has 2 nitrogen and oxygen atoms in total. The SMILES string of the molecule is Clc1ccc(C=C(c2ccccc2)c2nc3ccccc3o2)cc1. The zero-order valence-electron chi connectivity index (χ0n) is 12.8. The predicted octanol–water partition coefficient (Wildman–Crippen LogP) is 6.07. The van der Waals surface area contributed by atoms with Gasteiger partial charge in [0.1, 0.15) is 5.52 Å². The van der Waals surface area contributed by atoms with Crippen LogP contribution in [-0.4, -0.2) is 4.98 Å². The lowest BCUT2D eigenvalue weighted by Crippen LogP contribution is -1.88. The van der Waals surface area contributed by atoms with Gasteiger partial charge in [-0.05, 0) is 41.5 Å². The highest BCUT2D eigenvalue weighted by atomic mass is 35.5. The van der Waals surface area contributed by atoms with Crippen molar-refractivity contribution in [1.29, 1.82) is 0 Å². The molecule has 0 unspecified atom stereocenters. The van der Waals surface area contributed by atoms with Crippen molar-refractivity contribution < 1.29 is 4.42 Å². The third kappa shape index (κ3) is 2.97. The van der Waals surface area contributed by atoms with Gasteiger partial charge in [-0.15, -0.1) is 0 Å². The molecule has 0 aliphatic heterocycles.